The second kappa shape index (κ2) is 5.08. The predicted molar refractivity (Wildman–Crippen MR) is 74.9 cm³/mol. The van der Waals surface area contributed by atoms with Gasteiger partial charge in [0.25, 0.3) is 0 Å². The Morgan fingerprint density at radius 1 is 1.39 bits per heavy atom. The predicted octanol–water partition coefficient (Wildman–Crippen LogP) is 1.78. The van der Waals surface area contributed by atoms with Gasteiger partial charge in [-0.15, -0.1) is 11.3 Å². The van der Waals surface area contributed by atoms with E-state index in [0.29, 0.717) is 0 Å². The molecule has 94 valence electrons. The normalized spacial score (nSPS) is 15.6. The van der Waals surface area contributed by atoms with Crippen molar-refractivity contribution in [3.05, 3.63) is 35.2 Å². The Labute approximate surface area is 110 Å². The van der Waals surface area contributed by atoms with Crippen molar-refractivity contribution in [3.8, 4) is 0 Å². The van der Waals surface area contributed by atoms with E-state index >= 15 is 0 Å². The van der Waals surface area contributed by atoms with Crippen LogP contribution in [0, 0.1) is 5.92 Å². The van der Waals surface area contributed by atoms with Crippen LogP contribution in [0.4, 0.5) is 0 Å². The highest BCUT2D eigenvalue weighted by molar-refractivity contribution is 7.17. The highest BCUT2D eigenvalue weighted by Crippen LogP contribution is 2.25. The van der Waals surface area contributed by atoms with Gasteiger partial charge in [-0.2, -0.15) is 0 Å². The van der Waals surface area contributed by atoms with Crippen molar-refractivity contribution >= 4 is 27.3 Å². The Bertz CT molecular complexity index is 560. The molecular weight excluding hydrogens is 244 g/mol. The van der Waals surface area contributed by atoms with Crippen LogP contribution >= 0.6 is 11.3 Å². The highest BCUT2D eigenvalue weighted by atomic mass is 32.1. The van der Waals surface area contributed by atoms with Gasteiger partial charge >= 0.3 is 0 Å². The first-order chi connectivity index (χ1) is 8.84. The highest BCUT2D eigenvalue weighted by Gasteiger charge is 2.24. The van der Waals surface area contributed by atoms with Gasteiger partial charge in [-0.1, -0.05) is 18.2 Å². The van der Waals surface area contributed by atoms with Crippen molar-refractivity contribution < 1.29 is 4.79 Å². The Kier molecular flexibility index (Phi) is 3.30. The number of rotatable bonds is 4. The number of amides is 1. The fourth-order valence-electron chi connectivity index (χ4n) is 2.17. The van der Waals surface area contributed by atoms with Gasteiger partial charge in [0.1, 0.15) is 0 Å². The maximum absolute atomic E-state index is 11.7. The first kappa shape index (κ1) is 11.7. The van der Waals surface area contributed by atoms with E-state index in [9.17, 15) is 4.79 Å². The van der Waals surface area contributed by atoms with Gasteiger partial charge in [0.15, 0.2) is 0 Å². The zero-order valence-corrected chi connectivity index (χ0v) is 10.9. The van der Waals surface area contributed by atoms with Crippen LogP contribution < -0.4 is 10.6 Å². The number of thiophene rings is 1. The van der Waals surface area contributed by atoms with Crippen LogP contribution in [0.1, 0.15) is 5.56 Å². The summed E-state index contributed by atoms with van der Waals surface area (Å²) in [5.74, 6) is 0.373. The number of hydrogen-bond donors (Lipinski definition) is 2. The number of fused-ring (bicyclic) bond motifs is 1. The molecule has 1 fully saturated rings. The molecule has 1 saturated heterocycles. The van der Waals surface area contributed by atoms with Crippen LogP contribution in [-0.2, 0) is 11.2 Å². The van der Waals surface area contributed by atoms with Crippen LogP contribution in [0.3, 0.4) is 0 Å². The molecule has 1 aliphatic heterocycles. The largest absolute Gasteiger partial charge is 0.355 e. The molecule has 2 heterocycles. The molecule has 3 rings (SSSR count). The molecule has 0 bridgehead atoms. The molecule has 2 N–H and O–H groups in total. The van der Waals surface area contributed by atoms with Crippen LogP contribution in [0.25, 0.3) is 10.1 Å². The molecule has 0 atom stereocenters. The summed E-state index contributed by atoms with van der Waals surface area (Å²) in [7, 11) is 0. The number of carbonyl (C=O) groups excluding carboxylic acids is 1. The topological polar surface area (TPSA) is 41.1 Å². The Morgan fingerprint density at radius 2 is 2.22 bits per heavy atom. The van der Waals surface area contributed by atoms with E-state index in [1.807, 2.05) is 0 Å². The van der Waals surface area contributed by atoms with Gasteiger partial charge in [-0.25, -0.2) is 0 Å². The molecule has 0 unspecified atom stereocenters. The maximum Gasteiger partial charge on any atom is 0.225 e. The number of hydrogen-bond acceptors (Lipinski definition) is 3. The van der Waals surface area contributed by atoms with E-state index in [-0.39, 0.29) is 11.8 Å². The van der Waals surface area contributed by atoms with Crippen LogP contribution in [-0.4, -0.2) is 25.5 Å². The van der Waals surface area contributed by atoms with Gasteiger partial charge in [-0.3, -0.25) is 4.79 Å². The molecule has 3 nitrogen and oxygen atoms in total. The van der Waals surface area contributed by atoms with Gasteiger partial charge < -0.3 is 10.6 Å². The summed E-state index contributed by atoms with van der Waals surface area (Å²) in [6.07, 6.45) is 0.913. The third-order valence-corrected chi connectivity index (χ3v) is 4.42. The lowest BCUT2D eigenvalue weighted by Crippen LogP contribution is -2.51. The molecule has 0 aliphatic carbocycles. The summed E-state index contributed by atoms with van der Waals surface area (Å²) in [5, 5.41) is 9.64. The smallest absolute Gasteiger partial charge is 0.225 e. The Morgan fingerprint density at radius 3 is 3.00 bits per heavy atom. The van der Waals surface area contributed by atoms with E-state index < -0.39 is 0 Å². The van der Waals surface area contributed by atoms with E-state index in [2.05, 4.69) is 40.3 Å². The van der Waals surface area contributed by atoms with Crippen molar-refractivity contribution in [3.63, 3.8) is 0 Å². The lowest BCUT2D eigenvalue weighted by atomic mass is 10.0. The molecule has 18 heavy (non-hydrogen) atoms. The second-order valence-corrected chi connectivity index (χ2v) is 5.56. The zero-order chi connectivity index (χ0) is 12.4. The molecule has 0 radical (unpaired) electrons. The third-order valence-electron chi connectivity index (χ3n) is 3.41. The molecular formula is C14H16N2OS. The van der Waals surface area contributed by atoms with E-state index in [1.54, 1.807) is 11.3 Å². The maximum atomic E-state index is 11.7. The molecule has 1 aliphatic rings. The minimum absolute atomic E-state index is 0.184. The summed E-state index contributed by atoms with van der Waals surface area (Å²) in [4.78, 5) is 11.7. The van der Waals surface area contributed by atoms with Gasteiger partial charge in [-0.05, 0) is 28.8 Å². The number of nitrogens with one attached hydrogen (secondary N) is 2. The molecule has 1 amide bonds. The lowest BCUT2D eigenvalue weighted by Gasteiger charge is -2.25. The van der Waals surface area contributed by atoms with E-state index in [1.165, 1.54) is 15.6 Å². The third kappa shape index (κ3) is 2.26. The van der Waals surface area contributed by atoms with Crippen molar-refractivity contribution in [2.24, 2.45) is 5.92 Å². The van der Waals surface area contributed by atoms with Gasteiger partial charge in [0.2, 0.25) is 5.91 Å². The fraction of sp³-hybridized carbons (Fsp3) is 0.357. The fourth-order valence-corrected chi connectivity index (χ4v) is 3.16. The summed E-state index contributed by atoms with van der Waals surface area (Å²) < 4.78 is 1.32. The van der Waals surface area contributed by atoms with Crippen LogP contribution in [0.2, 0.25) is 0 Å². The van der Waals surface area contributed by atoms with Crippen LogP contribution in [0.15, 0.2) is 29.6 Å². The molecule has 0 spiro atoms. The summed E-state index contributed by atoms with van der Waals surface area (Å²) >= 11 is 1.77. The number of carbonyl (C=O) groups is 1. The minimum Gasteiger partial charge on any atom is -0.355 e. The van der Waals surface area contributed by atoms with Crippen molar-refractivity contribution in [2.45, 2.75) is 6.42 Å². The molecule has 1 aromatic heterocycles. The Balaban J connectivity index is 1.58. The first-order valence-electron chi connectivity index (χ1n) is 6.28. The van der Waals surface area contributed by atoms with Crippen molar-refractivity contribution in [2.75, 3.05) is 19.6 Å². The minimum atomic E-state index is 0.184. The molecule has 1 aromatic carbocycles. The standard InChI is InChI=1S/C14H16N2OS/c17-14(11-7-15-8-11)16-6-5-10-9-18-13-4-2-1-3-12(10)13/h1-4,9,11,15H,5-8H2,(H,16,17). The van der Waals surface area contributed by atoms with Gasteiger partial charge in [0, 0.05) is 24.3 Å². The average Bonchev–Trinajstić information content (AvgIpc) is 2.71. The quantitative estimate of drug-likeness (QED) is 0.880. The summed E-state index contributed by atoms with van der Waals surface area (Å²) in [6, 6.07) is 8.42. The average molecular weight is 260 g/mol. The molecule has 2 aromatic rings. The molecule has 0 saturated carbocycles. The monoisotopic (exact) mass is 260 g/mol. The van der Waals surface area contributed by atoms with Crippen molar-refractivity contribution in [1.82, 2.24) is 10.6 Å². The second-order valence-electron chi connectivity index (χ2n) is 4.65. The summed E-state index contributed by atoms with van der Waals surface area (Å²) in [5.41, 5.74) is 1.34. The van der Waals surface area contributed by atoms with Gasteiger partial charge in [0.05, 0.1) is 5.92 Å². The lowest BCUT2D eigenvalue weighted by molar-refractivity contribution is -0.126. The Hall–Kier alpha value is -1.39. The van der Waals surface area contributed by atoms with Crippen LogP contribution in [0.5, 0.6) is 0 Å². The van der Waals surface area contributed by atoms with E-state index in [4.69, 9.17) is 0 Å². The first-order valence-corrected chi connectivity index (χ1v) is 7.16. The molecule has 4 heteroatoms. The zero-order valence-electron chi connectivity index (χ0n) is 10.1. The number of benzene rings is 1. The summed E-state index contributed by atoms with van der Waals surface area (Å²) in [6.45, 7) is 2.39. The van der Waals surface area contributed by atoms with Crippen molar-refractivity contribution in [1.29, 1.82) is 0 Å². The van der Waals surface area contributed by atoms with E-state index in [0.717, 1.165) is 26.1 Å². The SMILES string of the molecule is O=C(NCCc1csc2ccccc12)C1CNC1.